The predicted molar refractivity (Wildman–Crippen MR) is 85.9 cm³/mol. The highest BCUT2D eigenvalue weighted by Crippen LogP contribution is 2.35. The van der Waals surface area contributed by atoms with Crippen LogP contribution in [0.15, 0.2) is 18.2 Å². The van der Waals surface area contributed by atoms with Gasteiger partial charge in [0.05, 0.1) is 6.04 Å². The maximum atomic E-state index is 4.71. The van der Waals surface area contributed by atoms with Crippen molar-refractivity contribution in [2.24, 2.45) is 0 Å². The Morgan fingerprint density at radius 3 is 2.91 bits per heavy atom. The van der Waals surface area contributed by atoms with Crippen LogP contribution < -0.4 is 4.90 Å². The Kier molecular flexibility index (Phi) is 3.56. The van der Waals surface area contributed by atoms with E-state index in [9.17, 15) is 0 Å². The maximum Gasteiger partial charge on any atom is 0.155 e. The number of fused-ring (bicyclic) bond motifs is 1. The quantitative estimate of drug-likeness (QED) is 0.855. The molecule has 2 aromatic heterocycles. The lowest BCUT2D eigenvalue weighted by Gasteiger charge is -2.25. The summed E-state index contributed by atoms with van der Waals surface area (Å²) in [5, 5.41) is 9.04. The van der Waals surface area contributed by atoms with Gasteiger partial charge in [-0.05, 0) is 44.7 Å². The normalized spacial score (nSPS) is 21.7. The van der Waals surface area contributed by atoms with Gasteiger partial charge in [0.1, 0.15) is 11.6 Å². The van der Waals surface area contributed by atoms with Crippen molar-refractivity contribution in [1.29, 1.82) is 0 Å². The SMILES string of the molecule is Cc1cccc(N2CCC[C@H]2c2nnc3n2CCCCC3)n1. The molecule has 0 aromatic carbocycles. The van der Waals surface area contributed by atoms with Crippen LogP contribution in [-0.2, 0) is 13.0 Å². The van der Waals surface area contributed by atoms with Gasteiger partial charge in [0.2, 0.25) is 0 Å². The van der Waals surface area contributed by atoms with Gasteiger partial charge in [-0.3, -0.25) is 0 Å². The fraction of sp³-hybridized carbons (Fsp3) is 0.588. The molecule has 2 aromatic rings. The van der Waals surface area contributed by atoms with Crippen molar-refractivity contribution in [3.63, 3.8) is 0 Å². The van der Waals surface area contributed by atoms with Gasteiger partial charge in [0.15, 0.2) is 5.82 Å². The van der Waals surface area contributed by atoms with Crippen LogP contribution in [0, 0.1) is 6.92 Å². The van der Waals surface area contributed by atoms with E-state index in [0.29, 0.717) is 6.04 Å². The van der Waals surface area contributed by atoms with E-state index in [2.05, 4.69) is 44.8 Å². The minimum Gasteiger partial charge on any atom is -0.346 e. The van der Waals surface area contributed by atoms with E-state index in [1.54, 1.807) is 0 Å². The van der Waals surface area contributed by atoms with Gasteiger partial charge in [-0.1, -0.05) is 12.5 Å². The first-order valence-electron chi connectivity index (χ1n) is 8.45. The summed E-state index contributed by atoms with van der Waals surface area (Å²) in [7, 11) is 0. The molecule has 0 spiro atoms. The smallest absolute Gasteiger partial charge is 0.155 e. The van der Waals surface area contributed by atoms with Crippen molar-refractivity contribution in [3.05, 3.63) is 35.5 Å². The van der Waals surface area contributed by atoms with Gasteiger partial charge < -0.3 is 9.47 Å². The molecule has 0 amide bonds. The number of nitrogens with zero attached hydrogens (tertiary/aromatic N) is 5. The van der Waals surface area contributed by atoms with Crippen molar-refractivity contribution in [2.45, 2.75) is 58.0 Å². The average molecular weight is 297 g/mol. The van der Waals surface area contributed by atoms with Gasteiger partial charge in [-0.2, -0.15) is 0 Å². The molecule has 0 saturated carbocycles. The van der Waals surface area contributed by atoms with E-state index < -0.39 is 0 Å². The number of rotatable bonds is 2. The van der Waals surface area contributed by atoms with Crippen LogP contribution in [0.1, 0.15) is 55.5 Å². The molecular weight excluding hydrogens is 274 g/mol. The molecule has 2 aliphatic rings. The summed E-state index contributed by atoms with van der Waals surface area (Å²) in [5.74, 6) is 3.41. The number of hydrogen-bond acceptors (Lipinski definition) is 4. The van der Waals surface area contributed by atoms with Crippen molar-refractivity contribution < 1.29 is 0 Å². The van der Waals surface area contributed by atoms with E-state index in [4.69, 9.17) is 4.98 Å². The van der Waals surface area contributed by atoms with Crippen molar-refractivity contribution in [1.82, 2.24) is 19.7 Å². The summed E-state index contributed by atoms with van der Waals surface area (Å²) < 4.78 is 2.38. The van der Waals surface area contributed by atoms with Gasteiger partial charge in [0.25, 0.3) is 0 Å². The Morgan fingerprint density at radius 2 is 2.00 bits per heavy atom. The van der Waals surface area contributed by atoms with Gasteiger partial charge in [-0.15, -0.1) is 10.2 Å². The molecule has 4 heterocycles. The van der Waals surface area contributed by atoms with Gasteiger partial charge in [-0.25, -0.2) is 4.98 Å². The second-order valence-corrected chi connectivity index (χ2v) is 6.43. The molecule has 5 nitrogen and oxygen atoms in total. The average Bonchev–Trinajstić information content (AvgIpc) is 3.08. The van der Waals surface area contributed by atoms with E-state index >= 15 is 0 Å². The Labute approximate surface area is 131 Å². The Bertz CT molecular complexity index is 663. The molecule has 5 heteroatoms. The first-order chi connectivity index (χ1) is 10.8. The van der Waals surface area contributed by atoms with Crippen LogP contribution in [0.3, 0.4) is 0 Å². The standard InChI is InChI=1S/C17H23N5/c1-13-7-5-10-15(18-13)21-12-6-8-14(21)17-20-19-16-9-3-2-4-11-22(16)17/h5,7,10,14H,2-4,6,8-9,11-12H2,1H3/t14-/m0/s1. The van der Waals surface area contributed by atoms with Crippen LogP contribution in [0.25, 0.3) is 0 Å². The Balaban J connectivity index is 1.68. The molecule has 22 heavy (non-hydrogen) atoms. The van der Waals surface area contributed by atoms with Crippen molar-refractivity contribution in [3.8, 4) is 0 Å². The zero-order chi connectivity index (χ0) is 14.9. The second kappa shape index (κ2) is 5.71. The summed E-state index contributed by atoms with van der Waals surface area (Å²) in [6, 6.07) is 6.59. The molecule has 0 unspecified atom stereocenters. The lowest BCUT2D eigenvalue weighted by atomic mass is 10.2. The van der Waals surface area contributed by atoms with E-state index in [1.807, 2.05) is 0 Å². The zero-order valence-electron chi connectivity index (χ0n) is 13.2. The van der Waals surface area contributed by atoms with Gasteiger partial charge in [0, 0.05) is 25.2 Å². The lowest BCUT2D eigenvalue weighted by Crippen LogP contribution is -2.26. The topological polar surface area (TPSA) is 46.8 Å². The monoisotopic (exact) mass is 297 g/mol. The molecule has 0 radical (unpaired) electrons. The van der Waals surface area contributed by atoms with Crippen LogP contribution in [-0.4, -0.2) is 26.3 Å². The van der Waals surface area contributed by atoms with E-state index in [1.165, 1.54) is 31.5 Å². The molecular formula is C17H23N5. The summed E-state index contributed by atoms with van der Waals surface area (Å²) in [6.45, 7) is 4.18. The third kappa shape index (κ3) is 2.38. The third-order valence-electron chi connectivity index (χ3n) is 4.86. The van der Waals surface area contributed by atoms with Crippen LogP contribution >= 0.6 is 0 Å². The lowest BCUT2D eigenvalue weighted by molar-refractivity contribution is 0.558. The maximum absolute atomic E-state index is 4.71. The Morgan fingerprint density at radius 1 is 1.05 bits per heavy atom. The minimum absolute atomic E-state index is 0.327. The number of anilines is 1. The molecule has 4 rings (SSSR count). The fourth-order valence-corrected chi connectivity index (χ4v) is 3.75. The number of hydrogen-bond donors (Lipinski definition) is 0. The predicted octanol–water partition coefficient (Wildman–Crippen LogP) is 3.05. The summed E-state index contributed by atoms with van der Waals surface area (Å²) >= 11 is 0. The van der Waals surface area contributed by atoms with Crippen LogP contribution in [0.4, 0.5) is 5.82 Å². The zero-order valence-corrected chi connectivity index (χ0v) is 13.2. The van der Waals surface area contributed by atoms with Gasteiger partial charge >= 0.3 is 0 Å². The molecule has 1 fully saturated rings. The third-order valence-corrected chi connectivity index (χ3v) is 4.86. The molecule has 0 aliphatic carbocycles. The molecule has 0 bridgehead atoms. The highest BCUT2D eigenvalue weighted by Gasteiger charge is 2.32. The number of pyridine rings is 1. The largest absolute Gasteiger partial charge is 0.346 e. The molecule has 1 saturated heterocycles. The molecule has 2 aliphatic heterocycles. The number of aryl methyl sites for hydroxylation is 2. The summed E-state index contributed by atoms with van der Waals surface area (Å²) in [6.07, 6.45) is 7.20. The van der Waals surface area contributed by atoms with Crippen molar-refractivity contribution >= 4 is 5.82 Å². The van der Waals surface area contributed by atoms with E-state index in [0.717, 1.165) is 43.3 Å². The highest BCUT2D eigenvalue weighted by atomic mass is 15.3. The fourth-order valence-electron chi connectivity index (χ4n) is 3.75. The van der Waals surface area contributed by atoms with Crippen LogP contribution in [0.5, 0.6) is 0 Å². The second-order valence-electron chi connectivity index (χ2n) is 6.43. The molecule has 0 N–H and O–H groups in total. The first-order valence-corrected chi connectivity index (χ1v) is 8.45. The summed E-state index contributed by atoms with van der Waals surface area (Å²) in [5.41, 5.74) is 1.07. The molecule has 116 valence electrons. The highest BCUT2D eigenvalue weighted by molar-refractivity contribution is 5.43. The van der Waals surface area contributed by atoms with E-state index in [-0.39, 0.29) is 0 Å². The Hall–Kier alpha value is -1.91. The summed E-state index contributed by atoms with van der Waals surface area (Å²) in [4.78, 5) is 7.13. The molecule has 1 atom stereocenters. The first kappa shape index (κ1) is 13.7. The van der Waals surface area contributed by atoms with Crippen molar-refractivity contribution in [2.75, 3.05) is 11.4 Å². The van der Waals surface area contributed by atoms with Crippen LogP contribution in [0.2, 0.25) is 0 Å². The minimum atomic E-state index is 0.327. The number of aromatic nitrogens is 4.